The standard InChI is InChI=1S/C17H26ClN3O2/c1-3-19-17(21-9-7-15(22)12-21)20-8-4-10-23-16-6-5-14(18)11-13(16)2/h5-6,11,15,22H,3-4,7-10,12H2,1-2H3,(H,19,20)/t15-/m1/s1. The molecule has 0 radical (unpaired) electrons. The lowest BCUT2D eigenvalue weighted by Crippen LogP contribution is -2.40. The number of hydrogen-bond donors (Lipinski definition) is 2. The summed E-state index contributed by atoms with van der Waals surface area (Å²) in [5, 5.41) is 13.6. The van der Waals surface area contributed by atoms with Crippen LogP contribution in [0.2, 0.25) is 5.02 Å². The number of hydrogen-bond acceptors (Lipinski definition) is 3. The Hall–Kier alpha value is -1.46. The lowest BCUT2D eigenvalue weighted by molar-refractivity contribution is 0.187. The molecule has 5 nitrogen and oxygen atoms in total. The number of nitrogens with zero attached hydrogens (tertiary/aromatic N) is 2. The summed E-state index contributed by atoms with van der Waals surface area (Å²) in [4.78, 5) is 6.73. The number of nitrogens with one attached hydrogen (secondary N) is 1. The molecule has 0 bridgehead atoms. The van der Waals surface area contributed by atoms with Gasteiger partial charge >= 0.3 is 0 Å². The molecule has 0 aromatic heterocycles. The Morgan fingerprint density at radius 3 is 3.00 bits per heavy atom. The van der Waals surface area contributed by atoms with E-state index in [0.29, 0.717) is 19.7 Å². The molecule has 6 heteroatoms. The monoisotopic (exact) mass is 339 g/mol. The quantitative estimate of drug-likeness (QED) is 0.475. The molecule has 0 saturated carbocycles. The van der Waals surface area contributed by atoms with Crippen molar-refractivity contribution in [2.75, 3.05) is 32.8 Å². The smallest absolute Gasteiger partial charge is 0.194 e. The third-order valence-electron chi connectivity index (χ3n) is 3.76. The van der Waals surface area contributed by atoms with Crippen molar-refractivity contribution in [1.29, 1.82) is 0 Å². The van der Waals surface area contributed by atoms with E-state index in [1.807, 2.05) is 25.1 Å². The fraction of sp³-hybridized carbons (Fsp3) is 0.588. The van der Waals surface area contributed by atoms with Crippen LogP contribution in [0.25, 0.3) is 0 Å². The number of halogens is 1. The van der Waals surface area contributed by atoms with Gasteiger partial charge in [-0.2, -0.15) is 0 Å². The van der Waals surface area contributed by atoms with Crippen molar-refractivity contribution in [3.63, 3.8) is 0 Å². The maximum atomic E-state index is 9.64. The summed E-state index contributed by atoms with van der Waals surface area (Å²) in [7, 11) is 0. The number of rotatable bonds is 6. The molecule has 23 heavy (non-hydrogen) atoms. The summed E-state index contributed by atoms with van der Waals surface area (Å²) >= 11 is 5.93. The molecule has 1 heterocycles. The molecule has 0 aliphatic carbocycles. The molecule has 0 unspecified atom stereocenters. The first kappa shape index (κ1) is 17.9. The fourth-order valence-corrected chi connectivity index (χ4v) is 2.79. The number of benzene rings is 1. The topological polar surface area (TPSA) is 57.1 Å². The Morgan fingerprint density at radius 1 is 1.52 bits per heavy atom. The van der Waals surface area contributed by atoms with Gasteiger partial charge in [-0.3, -0.25) is 4.99 Å². The van der Waals surface area contributed by atoms with Gasteiger partial charge in [0, 0.05) is 37.6 Å². The van der Waals surface area contributed by atoms with Crippen LogP contribution in [0.5, 0.6) is 5.75 Å². The van der Waals surface area contributed by atoms with Gasteiger partial charge in [0.2, 0.25) is 0 Å². The van der Waals surface area contributed by atoms with Crippen molar-refractivity contribution in [2.24, 2.45) is 4.99 Å². The molecule has 2 rings (SSSR count). The molecule has 0 amide bonds. The average Bonchev–Trinajstić information content (AvgIpc) is 2.94. The normalized spacial score (nSPS) is 18.3. The van der Waals surface area contributed by atoms with Gasteiger partial charge in [0.05, 0.1) is 12.7 Å². The van der Waals surface area contributed by atoms with Crippen LogP contribution in [0.15, 0.2) is 23.2 Å². The Balaban J connectivity index is 1.77. The Bertz CT molecular complexity index is 537. The molecule has 1 saturated heterocycles. The number of likely N-dealkylation sites (tertiary alicyclic amines) is 1. The first-order chi connectivity index (χ1) is 11.1. The number of aryl methyl sites for hydroxylation is 1. The largest absolute Gasteiger partial charge is 0.493 e. The van der Waals surface area contributed by atoms with E-state index in [0.717, 1.165) is 48.2 Å². The minimum absolute atomic E-state index is 0.241. The summed E-state index contributed by atoms with van der Waals surface area (Å²) in [6.07, 6.45) is 1.41. The summed E-state index contributed by atoms with van der Waals surface area (Å²) in [5.74, 6) is 1.75. The maximum Gasteiger partial charge on any atom is 0.194 e. The minimum atomic E-state index is -0.241. The van der Waals surface area contributed by atoms with E-state index >= 15 is 0 Å². The van der Waals surface area contributed by atoms with Crippen LogP contribution < -0.4 is 10.1 Å². The Labute approximate surface area is 143 Å². The molecule has 1 aliphatic heterocycles. The molecule has 2 N–H and O–H groups in total. The molecule has 128 valence electrons. The Kier molecular flexibility index (Phi) is 6.99. The van der Waals surface area contributed by atoms with Crippen molar-refractivity contribution >= 4 is 17.6 Å². The third-order valence-corrected chi connectivity index (χ3v) is 3.99. The highest BCUT2D eigenvalue weighted by atomic mass is 35.5. The number of aliphatic imine (C=N–C) groups is 1. The molecule has 1 aliphatic rings. The molecule has 0 spiro atoms. The molecular weight excluding hydrogens is 314 g/mol. The summed E-state index contributed by atoms with van der Waals surface area (Å²) < 4.78 is 5.77. The van der Waals surface area contributed by atoms with E-state index in [2.05, 4.69) is 22.1 Å². The van der Waals surface area contributed by atoms with E-state index in [-0.39, 0.29) is 6.10 Å². The zero-order valence-corrected chi connectivity index (χ0v) is 14.6. The summed E-state index contributed by atoms with van der Waals surface area (Å²) in [5.41, 5.74) is 1.04. The van der Waals surface area contributed by atoms with E-state index in [9.17, 15) is 5.11 Å². The van der Waals surface area contributed by atoms with Gasteiger partial charge in [0.1, 0.15) is 5.75 Å². The fourth-order valence-electron chi connectivity index (χ4n) is 2.57. The van der Waals surface area contributed by atoms with Gasteiger partial charge in [-0.15, -0.1) is 0 Å². The molecule has 1 aromatic rings. The van der Waals surface area contributed by atoms with Crippen molar-refractivity contribution in [1.82, 2.24) is 10.2 Å². The second-order valence-corrected chi connectivity index (χ2v) is 6.17. The number of ether oxygens (including phenoxy) is 1. The summed E-state index contributed by atoms with van der Waals surface area (Å²) in [6.45, 7) is 7.69. The van der Waals surface area contributed by atoms with Crippen molar-refractivity contribution in [3.8, 4) is 5.75 Å². The highest BCUT2D eigenvalue weighted by molar-refractivity contribution is 6.30. The first-order valence-electron chi connectivity index (χ1n) is 8.20. The highest BCUT2D eigenvalue weighted by Gasteiger charge is 2.22. The molecular formula is C17H26ClN3O2. The van der Waals surface area contributed by atoms with Crippen molar-refractivity contribution in [2.45, 2.75) is 32.8 Å². The molecule has 1 aromatic carbocycles. The molecule has 1 fully saturated rings. The van der Waals surface area contributed by atoms with E-state index in [4.69, 9.17) is 16.3 Å². The summed E-state index contributed by atoms with van der Waals surface area (Å²) in [6, 6.07) is 5.64. The van der Waals surface area contributed by atoms with Crippen LogP contribution in [0.4, 0.5) is 0 Å². The van der Waals surface area contributed by atoms with Crippen LogP contribution in [0.3, 0.4) is 0 Å². The second-order valence-electron chi connectivity index (χ2n) is 5.74. The minimum Gasteiger partial charge on any atom is -0.493 e. The van der Waals surface area contributed by atoms with Gasteiger partial charge in [-0.25, -0.2) is 0 Å². The number of β-amino-alcohol motifs (C(OH)–C–C–N with tert-alkyl or cyclic N) is 1. The Morgan fingerprint density at radius 2 is 2.35 bits per heavy atom. The van der Waals surface area contributed by atoms with Gasteiger partial charge in [-0.05, 0) is 44.0 Å². The van der Waals surface area contributed by atoms with Crippen LogP contribution in [0.1, 0.15) is 25.3 Å². The maximum absolute atomic E-state index is 9.64. The SMILES string of the molecule is CCNC(=NCCCOc1ccc(Cl)cc1C)N1CC[C@@H](O)C1. The van der Waals surface area contributed by atoms with Crippen molar-refractivity contribution < 1.29 is 9.84 Å². The van der Waals surface area contributed by atoms with Crippen LogP contribution >= 0.6 is 11.6 Å². The lowest BCUT2D eigenvalue weighted by atomic mass is 10.2. The van der Waals surface area contributed by atoms with Gasteiger partial charge in [0.15, 0.2) is 5.96 Å². The predicted octanol–water partition coefficient (Wildman–Crippen LogP) is 2.45. The van der Waals surface area contributed by atoms with E-state index in [1.165, 1.54) is 0 Å². The third kappa shape index (κ3) is 5.59. The van der Waals surface area contributed by atoms with Crippen molar-refractivity contribution in [3.05, 3.63) is 28.8 Å². The second kappa shape index (κ2) is 8.99. The van der Waals surface area contributed by atoms with Gasteiger partial charge < -0.3 is 20.1 Å². The zero-order chi connectivity index (χ0) is 16.7. The zero-order valence-electron chi connectivity index (χ0n) is 13.9. The lowest BCUT2D eigenvalue weighted by Gasteiger charge is -2.20. The van der Waals surface area contributed by atoms with Gasteiger partial charge in [-0.1, -0.05) is 11.6 Å². The number of guanidine groups is 1. The predicted molar refractivity (Wildman–Crippen MR) is 94.5 cm³/mol. The van der Waals surface area contributed by atoms with Crippen LogP contribution in [-0.2, 0) is 0 Å². The van der Waals surface area contributed by atoms with Crippen LogP contribution in [0, 0.1) is 6.92 Å². The number of aliphatic hydroxyl groups is 1. The average molecular weight is 340 g/mol. The van der Waals surface area contributed by atoms with E-state index in [1.54, 1.807) is 0 Å². The molecule has 1 atom stereocenters. The van der Waals surface area contributed by atoms with Gasteiger partial charge in [0.25, 0.3) is 0 Å². The van der Waals surface area contributed by atoms with E-state index < -0.39 is 0 Å². The van der Waals surface area contributed by atoms with Crippen LogP contribution in [-0.4, -0.2) is 54.9 Å². The highest BCUT2D eigenvalue weighted by Crippen LogP contribution is 2.21. The first-order valence-corrected chi connectivity index (χ1v) is 8.58. The number of aliphatic hydroxyl groups excluding tert-OH is 1.